The molecule has 1 aliphatic rings. The zero-order chi connectivity index (χ0) is 28.5. The van der Waals surface area contributed by atoms with E-state index < -0.39 is 35.5 Å². The van der Waals surface area contributed by atoms with Crippen molar-refractivity contribution in [2.24, 2.45) is 5.41 Å². The first-order valence-electron chi connectivity index (χ1n) is 12.4. The second-order valence-electron chi connectivity index (χ2n) is 10.7. The number of fused-ring (bicyclic) bond motifs is 1. The van der Waals surface area contributed by atoms with Crippen LogP contribution >= 0.6 is 11.6 Å². The number of piperidine rings is 1. The number of imidazole rings is 1. The minimum atomic E-state index is -5.14. The third kappa shape index (κ3) is 6.35. The molecule has 4 rings (SSSR count). The number of halogens is 4. The molecule has 0 saturated carbocycles. The fraction of sp³-hybridized carbons (Fsp3) is 0.407. The molecule has 1 fully saturated rings. The number of benzene rings is 1. The van der Waals surface area contributed by atoms with Gasteiger partial charge in [-0.05, 0) is 41.7 Å². The molecule has 0 unspecified atom stereocenters. The predicted molar refractivity (Wildman–Crippen MR) is 139 cm³/mol. The zero-order valence-electron chi connectivity index (χ0n) is 21.6. The Balaban J connectivity index is 1.63. The molecule has 3 heterocycles. The van der Waals surface area contributed by atoms with Crippen LogP contribution in [0.5, 0.6) is 0 Å². The fourth-order valence-corrected chi connectivity index (χ4v) is 5.07. The minimum absolute atomic E-state index is 0.0982. The van der Waals surface area contributed by atoms with Gasteiger partial charge in [-0.15, -0.1) is 0 Å². The highest BCUT2D eigenvalue weighted by molar-refractivity contribution is 6.30. The first-order chi connectivity index (χ1) is 18.3. The number of hydrogen-bond donors (Lipinski definition) is 2. The van der Waals surface area contributed by atoms with Crippen LogP contribution in [0.15, 0.2) is 55.1 Å². The highest BCUT2D eigenvalue weighted by Crippen LogP contribution is 2.32. The lowest BCUT2D eigenvalue weighted by Gasteiger charge is -2.41. The number of aromatic nitrogens is 2. The van der Waals surface area contributed by atoms with Crippen molar-refractivity contribution in [3.63, 3.8) is 0 Å². The largest absolute Gasteiger partial charge is 0.471 e. The predicted octanol–water partition coefficient (Wildman–Crippen LogP) is 4.20. The zero-order valence-corrected chi connectivity index (χ0v) is 22.4. The standard InChI is InChI=1S/C27H29ClF3N5O3/c1-26(2,3)22(34-25(39)27(29,30)31)23(37)33-20-14-35(11-9-18(20)16-6-4-7-17(28)12-16)24(38)19-8-5-10-36-15-32-13-21(19)36/h4-8,10,12-13,15,18,20,22H,9,11,14H2,1-3H3,(H,33,37)(H,34,39)/t18-,20+,22+/m0/s1. The third-order valence-electron chi connectivity index (χ3n) is 6.85. The molecule has 0 radical (unpaired) electrons. The molecule has 1 aliphatic heterocycles. The van der Waals surface area contributed by atoms with Crippen LogP contribution in [-0.2, 0) is 9.59 Å². The number of nitrogens with one attached hydrogen (secondary N) is 2. The lowest BCUT2D eigenvalue weighted by atomic mass is 9.83. The van der Waals surface area contributed by atoms with E-state index in [2.05, 4.69) is 10.3 Å². The average Bonchev–Trinajstić information content (AvgIpc) is 3.34. The quantitative estimate of drug-likeness (QED) is 0.486. The Morgan fingerprint density at radius 3 is 2.54 bits per heavy atom. The minimum Gasteiger partial charge on any atom is -0.349 e. The molecule has 2 aromatic heterocycles. The Kier molecular flexibility index (Phi) is 7.92. The van der Waals surface area contributed by atoms with Crippen LogP contribution in [0.1, 0.15) is 49.0 Å². The van der Waals surface area contributed by atoms with Crippen LogP contribution in [-0.4, -0.2) is 63.4 Å². The number of carbonyl (C=O) groups is 3. The van der Waals surface area contributed by atoms with E-state index in [4.69, 9.17) is 11.6 Å². The number of hydrogen-bond acceptors (Lipinski definition) is 4. The smallest absolute Gasteiger partial charge is 0.349 e. The molecule has 208 valence electrons. The molecule has 1 saturated heterocycles. The molecule has 2 N–H and O–H groups in total. The van der Waals surface area contributed by atoms with Crippen molar-refractivity contribution in [2.45, 2.75) is 51.4 Å². The molecule has 3 atom stereocenters. The van der Waals surface area contributed by atoms with Gasteiger partial charge in [-0.2, -0.15) is 13.2 Å². The third-order valence-corrected chi connectivity index (χ3v) is 7.08. The van der Waals surface area contributed by atoms with Gasteiger partial charge < -0.3 is 19.9 Å². The van der Waals surface area contributed by atoms with Gasteiger partial charge in [0.1, 0.15) is 6.04 Å². The van der Waals surface area contributed by atoms with Crippen molar-refractivity contribution in [2.75, 3.05) is 13.1 Å². The van der Waals surface area contributed by atoms with Gasteiger partial charge in [0.2, 0.25) is 5.91 Å². The van der Waals surface area contributed by atoms with E-state index in [-0.39, 0.29) is 18.4 Å². The summed E-state index contributed by atoms with van der Waals surface area (Å²) in [5, 5.41) is 5.18. The van der Waals surface area contributed by atoms with Crippen molar-refractivity contribution >= 4 is 34.8 Å². The van der Waals surface area contributed by atoms with Gasteiger partial charge in [-0.25, -0.2) is 4.98 Å². The first-order valence-corrected chi connectivity index (χ1v) is 12.8. The molecule has 3 amide bonds. The number of likely N-dealkylation sites (tertiary alicyclic amines) is 1. The summed E-state index contributed by atoms with van der Waals surface area (Å²) in [7, 11) is 0. The van der Waals surface area contributed by atoms with Gasteiger partial charge in [0.15, 0.2) is 0 Å². The highest BCUT2D eigenvalue weighted by Gasteiger charge is 2.44. The summed E-state index contributed by atoms with van der Waals surface area (Å²) in [4.78, 5) is 44.4. The van der Waals surface area contributed by atoms with E-state index in [0.29, 0.717) is 29.1 Å². The molecule has 0 bridgehead atoms. The maximum atomic E-state index is 13.6. The number of carbonyl (C=O) groups excluding carboxylic acids is 3. The molecule has 0 spiro atoms. The monoisotopic (exact) mass is 563 g/mol. The SMILES string of the molecule is CC(C)(C)[C@H](NC(=O)C(F)(F)F)C(=O)N[C@@H]1CN(C(=O)c2cccn3cncc23)CC[C@H]1c1cccc(Cl)c1. The summed E-state index contributed by atoms with van der Waals surface area (Å²) >= 11 is 6.22. The van der Waals surface area contributed by atoms with Crippen molar-refractivity contribution in [3.05, 3.63) is 71.3 Å². The van der Waals surface area contributed by atoms with Gasteiger partial charge >= 0.3 is 12.1 Å². The van der Waals surface area contributed by atoms with Gasteiger partial charge in [-0.1, -0.05) is 44.5 Å². The highest BCUT2D eigenvalue weighted by atomic mass is 35.5. The van der Waals surface area contributed by atoms with E-state index in [9.17, 15) is 27.6 Å². The van der Waals surface area contributed by atoms with E-state index >= 15 is 0 Å². The van der Waals surface area contributed by atoms with E-state index in [0.717, 1.165) is 5.56 Å². The van der Waals surface area contributed by atoms with Crippen molar-refractivity contribution in [1.29, 1.82) is 0 Å². The second-order valence-corrected chi connectivity index (χ2v) is 11.1. The Morgan fingerprint density at radius 1 is 1.13 bits per heavy atom. The van der Waals surface area contributed by atoms with Crippen LogP contribution in [0, 0.1) is 5.41 Å². The number of amides is 3. The lowest BCUT2D eigenvalue weighted by Crippen LogP contribution is -2.60. The van der Waals surface area contributed by atoms with E-state index in [1.165, 1.54) is 0 Å². The normalized spacial score (nSPS) is 19.0. The van der Waals surface area contributed by atoms with Crippen LogP contribution < -0.4 is 10.6 Å². The number of rotatable bonds is 5. The summed E-state index contributed by atoms with van der Waals surface area (Å²) in [5.74, 6) is -3.51. The number of nitrogens with zero attached hydrogens (tertiary/aromatic N) is 3. The van der Waals surface area contributed by atoms with Crippen molar-refractivity contribution < 1.29 is 27.6 Å². The Labute approximate surface area is 228 Å². The van der Waals surface area contributed by atoms with Gasteiger partial charge in [0.05, 0.1) is 29.6 Å². The summed E-state index contributed by atoms with van der Waals surface area (Å²) in [6.07, 6.45) is 0.268. The fourth-order valence-electron chi connectivity index (χ4n) is 4.87. The molecule has 12 heteroatoms. The maximum absolute atomic E-state index is 13.6. The Bertz CT molecular complexity index is 1380. The summed E-state index contributed by atoms with van der Waals surface area (Å²) in [5.41, 5.74) is 0.858. The second kappa shape index (κ2) is 10.9. The molecule has 0 aliphatic carbocycles. The van der Waals surface area contributed by atoms with Gasteiger partial charge in [-0.3, -0.25) is 14.4 Å². The van der Waals surface area contributed by atoms with Gasteiger partial charge in [0, 0.05) is 30.2 Å². The molecule has 39 heavy (non-hydrogen) atoms. The average molecular weight is 564 g/mol. The van der Waals surface area contributed by atoms with Crippen LogP contribution in [0.2, 0.25) is 5.02 Å². The van der Waals surface area contributed by atoms with Crippen molar-refractivity contribution in [3.8, 4) is 0 Å². The first kappa shape index (κ1) is 28.4. The molecule has 3 aromatic rings. The Morgan fingerprint density at radius 2 is 1.87 bits per heavy atom. The lowest BCUT2D eigenvalue weighted by molar-refractivity contribution is -0.175. The summed E-state index contributed by atoms with van der Waals surface area (Å²) < 4.78 is 40.8. The van der Waals surface area contributed by atoms with Crippen LogP contribution in [0.25, 0.3) is 5.52 Å². The molecule has 8 nitrogen and oxygen atoms in total. The van der Waals surface area contributed by atoms with Crippen LogP contribution in [0.4, 0.5) is 13.2 Å². The number of pyridine rings is 1. The van der Waals surface area contributed by atoms with Crippen molar-refractivity contribution in [1.82, 2.24) is 24.9 Å². The summed E-state index contributed by atoms with van der Waals surface area (Å²) in [6.45, 7) is 5.16. The van der Waals surface area contributed by atoms with E-state index in [1.54, 1.807) is 79.1 Å². The Hall–Kier alpha value is -3.60. The summed E-state index contributed by atoms with van der Waals surface area (Å²) in [6, 6.07) is 8.40. The van der Waals surface area contributed by atoms with E-state index in [1.807, 2.05) is 11.4 Å². The molecular formula is C27H29ClF3N5O3. The number of alkyl halides is 3. The topological polar surface area (TPSA) is 95.8 Å². The van der Waals surface area contributed by atoms with Crippen LogP contribution in [0.3, 0.4) is 0 Å². The molecular weight excluding hydrogens is 535 g/mol. The molecule has 1 aromatic carbocycles. The maximum Gasteiger partial charge on any atom is 0.471 e. The van der Waals surface area contributed by atoms with Gasteiger partial charge in [0.25, 0.3) is 5.91 Å².